The molecule has 4 heterocycles. The van der Waals surface area contributed by atoms with Gasteiger partial charge in [-0.05, 0) is 80.0 Å². The van der Waals surface area contributed by atoms with Gasteiger partial charge >= 0.3 is 6.01 Å². The molecule has 2 aliphatic rings. The molecular formula is C28H26N4O2. The van der Waals surface area contributed by atoms with Crippen LogP contribution in [0.3, 0.4) is 0 Å². The highest BCUT2D eigenvalue weighted by Crippen LogP contribution is 2.41. The Morgan fingerprint density at radius 2 is 1.71 bits per heavy atom. The molecule has 2 bridgehead atoms. The zero-order chi connectivity index (χ0) is 22.9. The van der Waals surface area contributed by atoms with E-state index in [4.69, 9.17) is 4.74 Å². The Balaban J connectivity index is 1.15. The van der Waals surface area contributed by atoms with Gasteiger partial charge in [0.1, 0.15) is 5.75 Å². The topological polar surface area (TPSA) is 68.2 Å². The maximum Gasteiger partial charge on any atom is 0.321 e. The molecule has 2 unspecified atom stereocenters. The van der Waals surface area contributed by atoms with Crippen LogP contribution in [0.2, 0.25) is 0 Å². The summed E-state index contributed by atoms with van der Waals surface area (Å²) in [6, 6.07) is 20.5. The highest BCUT2D eigenvalue weighted by atomic mass is 16.5. The van der Waals surface area contributed by atoms with E-state index in [-0.39, 0.29) is 11.9 Å². The van der Waals surface area contributed by atoms with Crippen LogP contribution >= 0.6 is 0 Å². The van der Waals surface area contributed by atoms with Crippen molar-refractivity contribution in [2.45, 2.75) is 44.2 Å². The molecule has 2 aromatic heterocycles. The molecule has 6 rings (SSSR count). The minimum atomic E-state index is 0.0951. The van der Waals surface area contributed by atoms with E-state index < -0.39 is 0 Å². The molecule has 2 aliphatic heterocycles. The molecule has 170 valence electrons. The number of amides is 1. The van der Waals surface area contributed by atoms with E-state index in [1.807, 2.05) is 30.5 Å². The van der Waals surface area contributed by atoms with Crippen molar-refractivity contribution >= 4 is 16.8 Å². The zero-order valence-electron chi connectivity index (χ0n) is 18.9. The second-order valence-electron chi connectivity index (χ2n) is 9.34. The fourth-order valence-electron chi connectivity index (χ4n) is 5.63. The van der Waals surface area contributed by atoms with Gasteiger partial charge in [-0.2, -0.15) is 0 Å². The number of carbonyl (C=O) groups excluding carboxylic acids is 1. The molecule has 0 aliphatic carbocycles. The van der Waals surface area contributed by atoms with Crippen LogP contribution < -0.4 is 4.74 Å². The molecule has 6 nitrogen and oxygen atoms in total. The standard InChI is InChI=1S/C28H26N4O2/c33-27(22-6-3-7-25(17-22)34-28-29-11-4-12-30-28)32-23-9-10-24(32)16-19(15-23)13-20-14-21-5-1-2-8-26(21)31-18-20/h1-8,11-12,14,17-19,23-24H,9-10,13,15-16H2. The fourth-order valence-corrected chi connectivity index (χ4v) is 5.63. The van der Waals surface area contributed by atoms with Gasteiger partial charge in [-0.3, -0.25) is 9.78 Å². The summed E-state index contributed by atoms with van der Waals surface area (Å²) in [5.74, 6) is 1.25. The van der Waals surface area contributed by atoms with Crippen molar-refractivity contribution in [2.75, 3.05) is 0 Å². The fraction of sp³-hybridized carbons (Fsp3) is 0.286. The number of piperidine rings is 1. The van der Waals surface area contributed by atoms with Crippen LogP contribution in [0.4, 0.5) is 0 Å². The molecular weight excluding hydrogens is 424 g/mol. The molecule has 34 heavy (non-hydrogen) atoms. The number of para-hydroxylation sites is 1. The second kappa shape index (κ2) is 8.86. The van der Waals surface area contributed by atoms with Crippen LogP contribution in [0, 0.1) is 5.92 Å². The highest BCUT2D eigenvalue weighted by Gasteiger charge is 2.43. The van der Waals surface area contributed by atoms with Crippen molar-refractivity contribution in [3.8, 4) is 11.8 Å². The van der Waals surface area contributed by atoms with Gasteiger partial charge in [0.25, 0.3) is 5.91 Å². The summed E-state index contributed by atoms with van der Waals surface area (Å²) in [7, 11) is 0. The summed E-state index contributed by atoms with van der Waals surface area (Å²) in [5, 5.41) is 1.19. The molecule has 0 spiro atoms. The number of hydrogen-bond acceptors (Lipinski definition) is 5. The van der Waals surface area contributed by atoms with Gasteiger partial charge in [-0.1, -0.05) is 24.3 Å². The number of benzene rings is 2. The zero-order valence-corrected chi connectivity index (χ0v) is 18.9. The Kier molecular flexibility index (Phi) is 5.41. The maximum atomic E-state index is 13.5. The molecule has 2 aromatic carbocycles. The van der Waals surface area contributed by atoms with Crippen LogP contribution in [0.1, 0.15) is 41.6 Å². The van der Waals surface area contributed by atoms with Crippen LogP contribution in [0.15, 0.2) is 79.3 Å². The molecule has 1 amide bonds. The number of pyridine rings is 1. The first-order chi connectivity index (χ1) is 16.7. The van der Waals surface area contributed by atoms with Gasteiger partial charge in [0.15, 0.2) is 0 Å². The van der Waals surface area contributed by atoms with E-state index in [0.29, 0.717) is 29.3 Å². The first kappa shape index (κ1) is 20.8. The summed E-state index contributed by atoms with van der Waals surface area (Å²) in [6.07, 6.45) is 10.6. The molecule has 4 aromatic rings. The van der Waals surface area contributed by atoms with Gasteiger partial charge in [0.05, 0.1) is 5.52 Å². The van der Waals surface area contributed by atoms with E-state index in [9.17, 15) is 4.79 Å². The van der Waals surface area contributed by atoms with E-state index in [2.05, 4.69) is 44.1 Å². The predicted molar refractivity (Wildman–Crippen MR) is 130 cm³/mol. The number of ether oxygens (including phenoxy) is 1. The molecule has 6 heteroatoms. The Hall–Kier alpha value is -3.80. The van der Waals surface area contributed by atoms with Gasteiger partial charge in [-0.25, -0.2) is 9.97 Å². The van der Waals surface area contributed by atoms with Crippen molar-refractivity contribution < 1.29 is 9.53 Å². The smallest absolute Gasteiger partial charge is 0.321 e. The van der Waals surface area contributed by atoms with Crippen LogP contribution in [0.5, 0.6) is 11.8 Å². The third-order valence-electron chi connectivity index (χ3n) is 7.07. The Morgan fingerprint density at radius 1 is 0.912 bits per heavy atom. The second-order valence-corrected chi connectivity index (χ2v) is 9.34. The maximum absolute atomic E-state index is 13.5. The minimum Gasteiger partial charge on any atom is -0.424 e. The van der Waals surface area contributed by atoms with E-state index in [1.165, 1.54) is 10.9 Å². The van der Waals surface area contributed by atoms with Crippen molar-refractivity contribution in [3.63, 3.8) is 0 Å². The third-order valence-corrected chi connectivity index (χ3v) is 7.07. The lowest BCUT2D eigenvalue weighted by Crippen LogP contribution is -2.46. The summed E-state index contributed by atoms with van der Waals surface area (Å²) in [6.45, 7) is 0. The lowest BCUT2D eigenvalue weighted by molar-refractivity contribution is 0.0524. The monoisotopic (exact) mass is 450 g/mol. The summed E-state index contributed by atoms with van der Waals surface area (Å²) in [4.78, 5) is 28.5. The molecule has 0 radical (unpaired) electrons. The minimum absolute atomic E-state index is 0.0951. The quantitative estimate of drug-likeness (QED) is 0.405. The predicted octanol–water partition coefficient (Wildman–Crippen LogP) is 5.44. The van der Waals surface area contributed by atoms with Crippen molar-refractivity contribution in [3.05, 3.63) is 90.4 Å². The van der Waals surface area contributed by atoms with Crippen molar-refractivity contribution in [1.82, 2.24) is 19.9 Å². The summed E-state index contributed by atoms with van der Waals surface area (Å²) in [5.41, 5.74) is 2.98. The molecule has 2 saturated heterocycles. The van der Waals surface area contributed by atoms with E-state index >= 15 is 0 Å². The lowest BCUT2D eigenvalue weighted by Gasteiger charge is -2.39. The molecule has 2 fully saturated rings. The average Bonchev–Trinajstić information content (AvgIpc) is 3.14. The number of rotatable bonds is 5. The van der Waals surface area contributed by atoms with Gasteiger partial charge in [0, 0.05) is 41.6 Å². The third kappa shape index (κ3) is 4.12. The van der Waals surface area contributed by atoms with Crippen LogP contribution in [0.25, 0.3) is 10.9 Å². The van der Waals surface area contributed by atoms with Crippen LogP contribution in [-0.4, -0.2) is 37.8 Å². The van der Waals surface area contributed by atoms with E-state index in [0.717, 1.165) is 37.6 Å². The van der Waals surface area contributed by atoms with Crippen molar-refractivity contribution in [1.29, 1.82) is 0 Å². The number of aromatic nitrogens is 3. The summed E-state index contributed by atoms with van der Waals surface area (Å²) < 4.78 is 5.74. The largest absolute Gasteiger partial charge is 0.424 e. The Labute approximate surface area is 198 Å². The number of carbonyl (C=O) groups is 1. The number of nitrogens with zero attached hydrogens (tertiary/aromatic N) is 4. The SMILES string of the molecule is O=C(c1cccc(Oc2ncccn2)c1)N1C2CCC1CC(Cc1cnc3ccccc3c1)C2. The van der Waals surface area contributed by atoms with Crippen molar-refractivity contribution in [2.24, 2.45) is 5.92 Å². The van der Waals surface area contributed by atoms with Gasteiger partial charge < -0.3 is 9.64 Å². The Bertz CT molecular complexity index is 1310. The number of fused-ring (bicyclic) bond motifs is 3. The average molecular weight is 451 g/mol. The molecule has 2 atom stereocenters. The summed E-state index contributed by atoms with van der Waals surface area (Å²) >= 11 is 0. The molecule has 0 N–H and O–H groups in total. The Morgan fingerprint density at radius 3 is 2.53 bits per heavy atom. The highest BCUT2D eigenvalue weighted by molar-refractivity contribution is 5.95. The van der Waals surface area contributed by atoms with Gasteiger partial charge in [-0.15, -0.1) is 0 Å². The van der Waals surface area contributed by atoms with Crippen LogP contribution in [-0.2, 0) is 6.42 Å². The first-order valence-electron chi connectivity index (χ1n) is 11.9. The lowest BCUT2D eigenvalue weighted by atomic mass is 9.85. The first-order valence-corrected chi connectivity index (χ1v) is 11.9. The molecule has 0 saturated carbocycles. The van der Waals surface area contributed by atoms with E-state index in [1.54, 1.807) is 24.5 Å². The number of hydrogen-bond donors (Lipinski definition) is 0. The van der Waals surface area contributed by atoms with Gasteiger partial charge in [0.2, 0.25) is 0 Å². The normalized spacial score (nSPS) is 21.5.